The maximum atomic E-state index is 11.8. The molecule has 0 saturated carbocycles. The Morgan fingerprint density at radius 2 is 2.00 bits per heavy atom. The normalized spacial score (nSPS) is 10.3. The molecule has 0 heterocycles. The summed E-state index contributed by atoms with van der Waals surface area (Å²) in [5.74, 6) is -1.53. The van der Waals surface area contributed by atoms with Crippen LogP contribution in [0.3, 0.4) is 0 Å². The van der Waals surface area contributed by atoms with Gasteiger partial charge in [0.15, 0.2) is 0 Å². The van der Waals surface area contributed by atoms with Crippen LogP contribution >= 0.6 is 0 Å². The lowest BCUT2D eigenvalue weighted by Crippen LogP contribution is -2.36. The van der Waals surface area contributed by atoms with Gasteiger partial charge in [-0.3, -0.25) is 19.7 Å². The molecule has 0 aromatic heterocycles. The van der Waals surface area contributed by atoms with Gasteiger partial charge in [-0.25, -0.2) is 0 Å². The van der Waals surface area contributed by atoms with Crippen LogP contribution in [-0.4, -0.2) is 55.9 Å². The van der Waals surface area contributed by atoms with Crippen LogP contribution in [0.5, 0.6) is 5.75 Å². The Bertz CT molecular complexity index is 589. The number of benzene rings is 1. The second-order valence-corrected chi connectivity index (χ2v) is 5.01. The fraction of sp³-hybridized carbons (Fsp3) is 0.429. The molecule has 0 fully saturated rings. The predicted octanol–water partition coefficient (Wildman–Crippen LogP) is 0.610. The molecule has 0 spiro atoms. The number of nitro benzene ring substituents is 1. The van der Waals surface area contributed by atoms with Crippen LogP contribution in [-0.2, 0) is 9.59 Å². The Morgan fingerprint density at radius 1 is 1.30 bits per heavy atom. The van der Waals surface area contributed by atoms with Gasteiger partial charge in [-0.15, -0.1) is 0 Å². The van der Waals surface area contributed by atoms with Crippen molar-refractivity contribution < 1.29 is 19.2 Å². The standard InChI is InChI=1S/C14H20N4O5/c1-17(2)8-4-7-15-13(19)14(20)16-11-6-5-10(18(21)22)9-12(11)23-3/h5-6,9H,4,7-8H2,1-3H3,(H,15,19)(H,16,20). The van der Waals surface area contributed by atoms with Crippen molar-refractivity contribution >= 4 is 23.2 Å². The molecule has 9 heteroatoms. The summed E-state index contributed by atoms with van der Waals surface area (Å²) in [5, 5.41) is 15.6. The molecule has 9 nitrogen and oxygen atoms in total. The molecule has 0 aliphatic carbocycles. The number of anilines is 1. The zero-order valence-electron chi connectivity index (χ0n) is 13.3. The fourth-order valence-electron chi connectivity index (χ4n) is 1.75. The van der Waals surface area contributed by atoms with Gasteiger partial charge < -0.3 is 20.3 Å². The summed E-state index contributed by atoms with van der Waals surface area (Å²) in [6, 6.07) is 3.70. The minimum Gasteiger partial charge on any atom is -0.494 e. The number of ether oxygens (including phenoxy) is 1. The van der Waals surface area contributed by atoms with E-state index in [9.17, 15) is 19.7 Å². The van der Waals surface area contributed by atoms with Crippen LogP contribution in [0.25, 0.3) is 0 Å². The number of rotatable bonds is 7. The van der Waals surface area contributed by atoms with Gasteiger partial charge in [0.25, 0.3) is 5.69 Å². The first-order valence-electron chi connectivity index (χ1n) is 6.91. The highest BCUT2D eigenvalue weighted by Crippen LogP contribution is 2.28. The summed E-state index contributed by atoms with van der Waals surface area (Å²) in [6.07, 6.45) is 0.715. The Labute approximate surface area is 133 Å². The molecule has 0 aliphatic heterocycles. The molecule has 0 unspecified atom stereocenters. The first-order valence-corrected chi connectivity index (χ1v) is 6.91. The quantitative estimate of drug-likeness (QED) is 0.329. The number of carbonyl (C=O) groups excluding carboxylic acids is 2. The average Bonchev–Trinajstić information content (AvgIpc) is 2.51. The Hall–Kier alpha value is -2.68. The average molecular weight is 324 g/mol. The third kappa shape index (κ3) is 5.91. The summed E-state index contributed by atoms with van der Waals surface area (Å²) in [5.41, 5.74) is 0.0135. The summed E-state index contributed by atoms with van der Waals surface area (Å²) < 4.78 is 4.99. The van der Waals surface area contributed by atoms with E-state index in [4.69, 9.17) is 4.74 Å². The SMILES string of the molecule is COc1cc([N+](=O)[O-])ccc1NC(=O)C(=O)NCCCN(C)C. The number of hydrogen-bond donors (Lipinski definition) is 2. The highest BCUT2D eigenvalue weighted by atomic mass is 16.6. The molecular weight excluding hydrogens is 304 g/mol. The number of amides is 2. The predicted molar refractivity (Wildman–Crippen MR) is 84.5 cm³/mol. The molecule has 0 bridgehead atoms. The van der Waals surface area contributed by atoms with Gasteiger partial charge >= 0.3 is 11.8 Å². The van der Waals surface area contributed by atoms with Crippen molar-refractivity contribution in [3.8, 4) is 5.75 Å². The highest BCUT2D eigenvalue weighted by molar-refractivity contribution is 6.39. The van der Waals surface area contributed by atoms with E-state index in [0.29, 0.717) is 13.0 Å². The van der Waals surface area contributed by atoms with Crippen LogP contribution in [0.15, 0.2) is 18.2 Å². The molecule has 0 saturated heterocycles. The summed E-state index contributed by atoms with van der Waals surface area (Å²) in [6.45, 7) is 1.17. The van der Waals surface area contributed by atoms with Crippen molar-refractivity contribution in [3.63, 3.8) is 0 Å². The summed E-state index contributed by atoms with van der Waals surface area (Å²) in [7, 11) is 5.14. The van der Waals surface area contributed by atoms with Crippen LogP contribution < -0.4 is 15.4 Å². The molecule has 126 valence electrons. The molecule has 23 heavy (non-hydrogen) atoms. The van der Waals surface area contributed by atoms with Gasteiger partial charge in [0.1, 0.15) is 5.75 Å². The second-order valence-electron chi connectivity index (χ2n) is 5.01. The van der Waals surface area contributed by atoms with E-state index in [1.165, 1.54) is 25.3 Å². The van der Waals surface area contributed by atoms with E-state index in [2.05, 4.69) is 10.6 Å². The van der Waals surface area contributed by atoms with Gasteiger partial charge in [-0.05, 0) is 33.1 Å². The fourth-order valence-corrected chi connectivity index (χ4v) is 1.75. The summed E-state index contributed by atoms with van der Waals surface area (Å²) in [4.78, 5) is 35.6. The largest absolute Gasteiger partial charge is 0.494 e. The van der Waals surface area contributed by atoms with E-state index >= 15 is 0 Å². The molecule has 1 aromatic rings. The zero-order valence-corrected chi connectivity index (χ0v) is 13.3. The lowest BCUT2D eigenvalue weighted by molar-refractivity contribution is -0.384. The minimum atomic E-state index is -0.859. The van der Waals surface area contributed by atoms with Crippen LogP contribution in [0, 0.1) is 10.1 Å². The molecule has 1 rings (SSSR count). The number of carbonyl (C=O) groups is 2. The maximum Gasteiger partial charge on any atom is 0.313 e. The number of nitrogens with one attached hydrogen (secondary N) is 2. The van der Waals surface area contributed by atoms with Gasteiger partial charge in [0.05, 0.1) is 23.8 Å². The molecule has 0 atom stereocenters. The van der Waals surface area contributed by atoms with Crippen molar-refractivity contribution in [2.45, 2.75) is 6.42 Å². The van der Waals surface area contributed by atoms with Crippen molar-refractivity contribution in [1.29, 1.82) is 0 Å². The zero-order chi connectivity index (χ0) is 17.4. The van der Waals surface area contributed by atoms with Gasteiger partial charge in [0.2, 0.25) is 0 Å². The first-order chi connectivity index (χ1) is 10.8. The molecule has 0 radical (unpaired) electrons. The van der Waals surface area contributed by atoms with Crippen LogP contribution in [0.4, 0.5) is 11.4 Å². The maximum absolute atomic E-state index is 11.8. The molecule has 1 aromatic carbocycles. The van der Waals surface area contributed by atoms with Gasteiger partial charge in [-0.2, -0.15) is 0 Å². The molecule has 2 N–H and O–H groups in total. The van der Waals surface area contributed by atoms with E-state index in [-0.39, 0.29) is 17.1 Å². The molecular formula is C14H20N4O5. The minimum absolute atomic E-state index is 0.105. The van der Waals surface area contributed by atoms with Crippen molar-refractivity contribution in [1.82, 2.24) is 10.2 Å². The lowest BCUT2D eigenvalue weighted by atomic mass is 10.2. The third-order valence-corrected chi connectivity index (χ3v) is 2.92. The topological polar surface area (TPSA) is 114 Å². The van der Waals surface area contributed by atoms with Gasteiger partial charge in [-0.1, -0.05) is 0 Å². The highest BCUT2D eigenvalue weighted by Gasteiger charge is 2.17. The third-order valence-electron chi connectivity index (χ3n) is 2.92. The summed E-state index contributed by atoms with van der Waals surface area (Å²) >= 11 is 0. The van der Waals surface area contributed by atoms with Crippen molar-refractivity contribution in [2.75, 3.05) is 39.6 Å². The first kappa shape index (κ1) is 18.4. The Balaban J connectivity index is 2.62. The Kier molecular flexibility index (Phi) is 6.94. The van der Waals surface area contributed by atoms with Gasteiger partial charge in [0, 0.05) is 12.6 Å². The molecule has 0 aliphatic rings. The Morgan fingerprint density at radius 3 is 2.57 bits per heavy atom. The van der Waals surface area contributed by atoms with E-state index in [1.807, 2.05) is 19.0 Å². The van der Waals surface area contributed by atoms with E-state index in [1.54, 1.807) is 0 Å². The molecule has 2 amide bonds. The van der Waals surface area contributed by atoms with Crippen LogP contribution in [0.1, 0.15) is 6.42 Å². The van der Waals surface area contributed by atoms with Crippen molar-refractivity contribution in [2.24, 2.45) is 0 Å². The van der Waals surface area contributed by atoms with E-state index < -0.39 is 16.7 Å². The lowest BCUT2D eigenvalue weighted by Gasteiger charge is -2.11. The number of nitrogens with zero attached hydrogens (tertiary/aromatic N) is 2. The number of hydrogen-bond acceptors (Lipinski definition) is 6. The number of nitro groups is 1. The van der Waals surface area contributed by atoms with E-state index in [0.717, 1.165) is 6.54 Å². The number of non-ortho nitro benzene ring substituents is 1. The second kappa shape index (κ2) is 8.69. The van der Waals surface area contributed by atoms with Crippen molar-refractivity contribution in [3.05, 3.63) is 28.3 Å². The van der Waals surface area contributed by atoms with Crippen LogP contribution in [0.2, 0.25) is 0 Å². The number of methoxy groups -OCH3 is 1. The monoisotopic (exact) mass is 324 g/mol. The smallest absolute Gasteiger partial charge is 0.313 e.